The van der Waals surface area contributed by atoms with Crippen LogP contribution in [0.4, 0.5) is 11.4 Å². The van der Waals surface area contributed by atoms with Crippen LogP contribution in [-0.2, 0) is 6.54 Å². The summed E-state index contributed by atoms with van der Waals surface area (Å²) in [7, 11) is 1.48. The molecule has 0 unspecified atom stereocenters. The molecular weight excluding hydrogens is 286 g/mol. The van der Waals surface area contributed by atoms with Crippen LogP contribution >= 0.6 is 0 Å². The Bertz CT molecular complexity index is 655. The third kappa shape index (κ3) is 3.81. The molecule has 0 aliphatic rings. The van der Waals surface area contributed by atoms with Gasteiger partial charge in [-0.1, -0.05) is 0 Å². The monoisotopic (exact) mass is 303 g/mol. The molecule has 0 bridgehead atoms. The van der Waals surface area contributed by atoms with Gasteiger partial charge in [0.2, 0.25) is 0 Å². The summed E-state index contributed by atoms with van der Waals surface area (Å²) < 4.78 is 1.94. The van der Waals surface area contributed by atoms with Gasteiger partial charge in [-0.25, -0.2) is 4.98 Å². The molecule has 8 heteroatoms. The van der Waals surface area contributed by atoms with Gasteiger partial charge in [0, 0.05) is 44.2 Å². The second-order valence-electron chi connectivity index (χ2n) is 4.65. The van der Waals surface area contributed by atoms with Crippen LogP contribution in [0.25, 0.3) is 0 Å². The van der Waals surface area contributed by atoms with Gasteiger partial charge in [-0.2, -0.15) is 0 Å². The minimum atomic E-state index is -0.495. The van der Waals surface area contributed by atoms with E-state index in [-0.39, 0.29) is 17.2 Å². The van der Waals surface area contributed by atoms with E-state index in [0.29, 0.717) is 12.2 Å². The summed E-state index contributed by atoms with van der Waals surface area (Å²) in [6, 6.07) is 4.39. The number of amides is 1. The normalized spacial score (nSPS) is 10.2. The Morgan fingerprint density at radius 2 is 2.27 bits per heavy atom. The van der Waals surface area contributed by atoms with Crippen LogP contribution in [0.2, 0.25) is 0 Å². The number of carbonyl (C=O) groups is 1. The summed E-state index contributed by atoms with van der Waals surface area (Å²) in [4.78, 5) is 26.1. The number of nitro benzene ring substituents is 1. The van der Waals surface area contributed by atoms with E-state index in [9.17, 15) is 14.9 Å². The number of anilines is 1. The lowest BCUT2D eigenvalue weighted by molar-refractivity contribution is -0.384. The van der Waals surface area contributed by atoms with E-state index in [0.717, 1.165) is 13.0 Å². The van der Waals surface area contributed by atoms with E-state index in [1.54, 1.807) is 24.7 Å². The number of aromatic nitrogens is 2. The number of imidazole rings is 1. The summed E-state index contributed by atoms with van der Waals surface area (Å²) in [5, 5.41) is 16.6. The molecule has 0 atom stereocenters. The molecule has 0 spiro atoms. The van der Waals surface area contributed by atoms with Crippen LogP contribution in [0.1, 0.15) is 16.8 Å². The Hall–Kier alpha value is -2.90. The molecule has 1 heterocycles. The minimum Gasteiger partial charge on any atom is -0.379 e. The number of nitrogens with zero attached hydrogens (tertiary/aromatic N) is 3. The lowest BCUT2D eigenvalue weighted by Gasteiger charge is -2.08. The number of rotatable bonds is 7. The zero-order chi connectivity index (χ0) is 15.9. The van der Waals surface area contributed by atoms with Gasteiger partial charge < -0.3 is 15.2 Å². The Kier molecular flexibility index (Phi) is 5.07. The molecule has 116 valence electrons. The van der Waals surface area contributed by atoms with Gasteiger partial charge in [0.25, 0.3) is 11.6 Å². The minimum absolute atomic E-state index is 0.108. The molecule has 8 nitrogen and oxygen atoms in total. The highest BCUT2D eigenvalue weighted by Gasteiger charge is 2.16. The van der Waals surface area contributed by atoms with Gasteiger partial charge >= 0.3 is 0 Å². The van der Waals surface area contributed by atoms with Crippen molar-refractivity contribution in [2.24, 2.45) is 0 Å². The van der Waals surface area contributed by atoms with Gasteiger partial charge in [0.1, 0.15) is 5.69 Å². The molecule has 0 aliphatic heterocycles. The van der Waals surface area contributed by atoms with Crippen molar-refractivity contribution in [3.05, 3.63) is 52.6 Å². The molecule has 2 N–H and O–H groups in total. The third-order valence-corrected chi connectivity index (χ3v) is 3.15. The van der Waals surface area contributed by atoms with Crippen LogP contribution in [0.3, 0.4) is 0 Å². The zero-order valence-corrected chi connectivity index (χ0v) is 12.2. The van der Waals surface area contributed by atoms with Crippen molar-refractivity contribution >= 4 is 17.3 Å². The molecule has 1 aromatic carbocycles. The van der Waals surface area contributed by atoms with Crippen molar-refractivity contribution in [3.63, 3.8) is 0 Å². The fraction of sp³-hybridized carbons (Fsp3) is 0.286. The largest absolute Gasteiger partial charge is 0.379 e. The van der Waals surface area contributed by atoms with Crippen molar-refractivity contribution < 1.29 is 9.72 Å². The summed E-state index contributed by atoms with van der Waals surface area (Å²) in [6.45, 7) is 1.36. The van der Waals surface area contributed by atoms with Gasteiger partial charge in [-0.3, -0.25) is 14.9 Å². The topological polar surface area (TPSA) is 102 Å². The van der Waals surface area contributed by atoms with Crippen molar-refractivity contribution in [3.8, 4) is 0 Å². The highest BCUT2D eigenvalue weighted by atomic mass is 16.6. The molecule has 0 radical (unpaired) electrons. The van der Waals surface area contributed by atoms with E-state index in [4.69, 9.17) is 0 Å². The Balaban J connectivity index is 2.00. The molecule has 2 aromatic rings. The average Bonchev–Trinajstić information content (AvgIpc) is 3.04. The zero-order valence-electron chi connectivity index (χ0n) is 12.2. The Morgan fingerprint density at radius 1 is 1.45 bits per heavy atom. The summed E-state index contributed by atoms with van der Waals surface area (Å²) in [5.74, 6) is -0.352. The predicted octanol–water partition coefficient (Wildman–Crippen LogP) is 1.65. The van der Waals surface area contributed by atoms with Crippen LogP contribution in [-0.4, -0.2) is 34.0 Å². The second kappa shape index (κ2) is 7.21. The van der Waals surface area contributed by atoms with Crippen molar-refractivity contribution in [2.45, 2.75) is 13.0 Å². The second-order valence-corrected chi connectivity index (χ2v) is 4.65. The van der Waals surface area contributed by atoms with Crippen LogP contribution < -0.4 is 10.6 Å². The molecular formula is C14H17N5O3. The van der Waals surface area contributed by atoms with Gasteiger partial charge in [-0.05, 0) is 18.6 Å². The van der Waals surface area contributed by atoms with Crippen LogP contribution in [0, 0.1) is 10.1 Å². The number of hydrogen-bond donors (Lipinski definition) is 2. The fourth-order valence-electron chi connectivity index (χ4n) is 2.02. The molecule has 0 fully saturated rings. The number of hydrogen-bond acceptors (Lipinski definition) is 5. The van der Waals surface area contributed by atoms with Gasteiger partial charge in [-0.15, -0.1) is 0 Å². The summed E-state index contributed by atoms with van der Waals surface area (Å²) >= 11 is 0. The van der Waals surface area contributed by atoms with Crippen LogP contribution in [0.5, 0.6) is 0 Å². The maximum Gasteiger partial charge on any atom is 0.293 e. The Morgan fingerprint density at radius 3 is 2.91 bits per heavy atom. The van der Waals surface area contributed by atoms with Crippen LogP contribution in [0.15, 0.2) is 36.9 Å². The first-order valence-electron chi connectivity index (χ1n) is 6.82. The standard InChI is InChI=1S/C14H17N5O3/c1-15-14(20)11-3-4-12(13(9-11)19(21)22)17-5-2-7-18-8-6-16-10-18/h3-4,6,8-10,17H,2,5,7H2,1H3,(H,15,20). The number of nitrogens with one attached hydrogen (secondary N) is 2. The first-order chi connectivity index (χ1) is 10.6. The summed E-state index contributed by atoms with van der Waals surface area (Å²) in [5.41, 5.74) is 0.560. The molecule has 0 aliphatic carbocycles. The molecule has 0 saturated carbocycles. The number of nitro groups is 1. The first-order valence-corrected chi connectivity index (χ1v) is 6.82. The Labute approximate surface area is 127 Å². The quantitative estimate of drug-likeness (QED) is 0.460. The van der Waals surface area contributed by atoms with E-state index in [2.05, 4.69) is 15.6 Å². The predicted molar refractivity (Wildman–Crippen MR) is 81.8 cm³/mol. The molecule has 2 rings (SSSR count). The maximum atomic E-state index is 11.5. The first kappa shape index (κ1) is 15.5. The van der Waals surface area contributed by atoms with E-state index < -0.39 is 4.92 Å². The molecule has 22 heavy (non-hydrogen) atoms. The highest BCUT2D eigenvalue weighted by Crippen LogP contribution is 2.25. The highest BCUT2D eigenvalue weighted by molar-refractivity contribution is 5.95. The van der Waals surface area contributed by atoms with E-state index >= 15 is 0 Å². The van der Waals surface area contributed by atoms with Gasteiger partial charge in [0.15, 0.2) is 0 Å². The molecule has 0 saturated heterocycles. The van der Waals surface area contributed by atoms with E-state index in [1.807, 2.05) is 10.8 Å². The van der Waals surface area contributed by atoms with Gasteiger partial charge in [0.05, 0.1) is 11.3 Å². The number of aryl methyl sites for hydroxylation is 1. The molecule has 1 aromatic heterocycles. The number of benzene rings is 1. The third-order valence-electron chi connectivity index (χ3n) is 3.15. The maximum absolute atomic E-state index is 11.5. The lowest BCUT2D eigenvalue weighted by Crippen LogP contribution is -2.18. The smallest absolute Gasteiger partial charge is 0.293 e. The van der Waals surface area contributed by atoms with Crippen molar-refractivity contribution in [1.29, 1.82) is 0 Å². The van der Waals surface area contributed by atoms with E-state index in [1.165, 1.54) is 13.1 Å². The summed E-state index contributed by atoms with van der Waals surface area (Å²) in [6.07, 6.45) is 6.09. The SMILES string of the molecule is CNC(=O)c1ccc(NCCCn2ccnc2)c([N+](=O)[O-])c1. The number of carbonyl (C=O) groups excluding carboxylic acids is 1. The fourth-order valence-corrected chi connectivity index (χ4v) is 2.02. The average molecular weight is 303 g/mol. The lowest BCUT2D eigenvalue weighted by atomic mass is 10.1. The molecule has 1 amide bonds. The van der Waals surface area contributed by atoms with Crippen molar-refractivity contribution in [1.82, 2.24) is 14.9 Å². The van der Waals surface area contributed by atoms with Crippen molar-refractivity contribution in [2.75, 3.05) is 18.9 Å².